The first-order valence-electron chi connectivity index (χ1n) is 2.15. The van der Waals surface area contributed by atoms with E-state index in [1.54, 1.807) is 0 Å². The van der Waals surface area contributed by atoms with E-state index >= 15 is 0 Å². The van der Waals surface area contributed by atoms with Crippen molar-refractivity contribution >= 4 is 29.9 Å². The van der Waals surface area contributed by atoms with Crippen molar-refractivity contribution in [2.45, 2.75) is 11.7 Å². The predicted molar refractivity (Wildman–Crippen MR) is 35.9 cm³/mol. The van der Waals surface area contributed by atoms with Crippen molar-refractivity contribution in [3.05, 3.63) is 0 Å². The zero-order valence-corrected chi connectivity index (χ0v) is 5.47. The molecule has 1 nitrogen and oxygen atoms in total. The van der Waals surface area contributed by atoms with Crippen molar-refractivity contribution in [2.24, 2.45) is 0 Å². The summed E-state index contributed by atoms with van der Waals surface area (Å²) in [6.07, 6.45) is 0.974. The van der Waals surface area contributed by atoms with Gasteiger partial charge in [0.2, 0.25) is 0 Å². The van der Waals surface area contributed by atoms with Gasteiger partial charge in [0.05, 0.1) is 11.9 Å². The summed E-state index contributed by atoms with van der Waals surface area (Å²) in [5.74, 6) is 0. The lowest BCUT2D eigenvalue weighted by Crippen LogP contribution is -2.01. The first-order valence-corrected chi connectivity index (χ1v) is 3.08. The van der Waals surface area contributed by atoms with E-state index in [4.69, 9.17) is 17.0 Å². The molecule has 0 aromatic carbocycles. The van der Waals surface area contributed by atoms with Gasteiger partial charge in [0.1, 0.15) is 0 Å². The minimum atomic E-state index is 0.218. The zero-order valence-electron chi connectivity index (χ0n) is 3.76. The van der Waals surface area contributed by atoms with Gasteiger partial charge in [-0.1, -0.05) is 0 Å². The van der Waals surface area contributed by atoms with Gasteiger partial charge in [0.15, 0.2) is 5.05 Å². The molecule has 1 fully saturated rings. The van der Waals surface area contributed by atoms with Crippen LogP contribution in [0, 0.1) is 0 Å². The molecular weight excluding hydrogens is 128 g/mol. The van der Waals surface area contributed by atoms with Crippen molar-refractivity contribution in [2.75, 3.05) is 6.61 Å². The van der Waals surface area contributed by atoms with Gasteiger partial charge >= 0.3 is 0 Å². The largest absolute Gasteiger partial charge is 0.486 e. The van der Waals surface area contributed by atoms with Crippen LogP contribution in [-0.4, -0.2) is 16.9 Å². The summed E-state index contributed by atoms with van der Waals surface area (Å²) in [7, 11) is 0. The Balaban J connectivity index is 2.48. The zero-order chi connectivity index (χ0) is 5.28. The molecule has 1 atom stereocenters. The fourth-order valence-corrected chi connectivity index (χ4v) is 0.866. The second-order valence-corrected chi connectivity index (χ2v) is 2.50. The van der Waals surface area contributed by atoms with E-state index in [2.05, 4.69) is 12.6 Å². The Kier molecular flexibility index (Phi) is 1.54. The SMILES string of the molecule is S=C1OCCC1S. The van der Waals surface area contributed by atoms with E-state index in [9.17, 15) is 0 Å². The van der Waals surface area contributed by atoms with Crippen LogP contribution in [0.3, 0.4) is 0 Å². The maximum absolute atomic E-state index is 4.92. The van der Waals surface area contributed by atoms with Crippen LogP contribution in [0.25, 0.3) is 0 Å². The topological polar surface area (TPSA) is 9.23 Å². The van der Waals surface area contributed by atoms with Gasteiger partial charge in [0, 0.05) is 6.42 Å². The summed E-state index contributed by atoms with van der Waals surface area (Å²) in [4.78, 5) is 0. The molecule has 0 saturated carbocycles. The van der Waals surface area contributed by atoms with Gasteiger partial charge in [-0.25, -0.2) is 0 Å². The molecule has 0 radical (unpaired) electrons. The van der Waals surface area contributed by atoms with Crippen molar-refractivity contribution in [3.63, 3.8) is 0 Å². The monoisotopic (exact) mass is 134 g/mol. The number of hydrogen-bond acceptors (Lipinski definition) is 3. The van der Waals surface area contributed by atoms with Crippen LogP contribution >= 0.6 is 24.8 Å². The third-order valence-corrected chi connectivity index (χ3v) is 1.98. The normalized spacial score (nSPS) is 30.4. The van der Waals surface area contributed by atoms with E-state index in [-0.39, 0.29) is 5.25 Å². The molecule has 0 aromatic rings. The Morgan fingerprint density at radius 1 is 1.86 bits per heavy atom. The maximum Gasteiger partial charge on any atom is 0.172 e. The highest BCUT2D eigenvalue weighted by Crippen LogP contribution is 2.12. The number of hydrogen-bond donors (Lipinski definition) is 1. The number of ether oxygens (including phenoxy) is 1. The van der Waals surface area contributed by atoms with Gasteiger partial charge in [-0.3, -0.25) is 0 Å². The number of thiol groups is 1. The lowest BCUT2D eigenvalue weighted by atomic mass is 10.4. The van der Waals surface area contributed by atoms with Gasteiger partial charge in [-0.2, -0.15) is 12.6 Å². The van der Waals surface area contributed by atoms with Crippen LogP contribution in [0.4, 0.5) is 0 Å². The number of rotatable bonds is 0. The average Bonchev–Trinajstić information content (AvgIpc) is 1.91. The molecule has 1 rings (SSSR count). The quantitative estimate of drug-likeness (QED) is 0.391. The molecule has 0 aromatic heterocycles. The Bertz CT molecular complexity index is 91.7. The van der Waals surface area contributed by atoms with Crippen LogP contribution < -0.4 is 0 Å². The molecule has 1 saturated heterocycles. The fourth-order valence-electron chi connectivity index (χ4n) is 0.485. The molecule has 0 spiro atoms. The van der Waals surface area contributed by atoms with Crippen LogP contribution in [0.15, 0.2) is 0 Å². The summed E-state index contributed by atoms with van der Waals surface area (Å²) >= 11 is 8.86. The lowest BCUT2D eigenvalue weighted by Gasteiger charge is -1.92. The Morgan fingerprint density at radius 2 is 2.57 bits per heavy atom. The van der Waals surface area contributed by atoms with Crippen molar-refractivity contribution < 1.29 is 4.74 Å². The van der Waals surface area contributed by atoms with Crippen molar-refractivity contribution in [1.29, 1.82) is 0 Å². The standard InChI is InChI=1S/C4H6OS2/c6-3-1-2-5-4(3)7/h3,6H,1-2H2. The van der Waals surface area contributed by atoms with Gasteiger partial charge < -0.3 is 4.74 Å². The Hall–Kier alpha value is 0.240. The molecule has 1 unspecified atom stereocenters. The first-order chi connectivity index (χ1) is 3.30. The molecule has 1 aliphatic rings. The third kappa shape index (κ3) is 1.07. The first kappa shape index (κ1) is 5.38. The smallest absolute Gasteiger partial charge is 0.172 e. The Labute approximate surface area is 53.5 Å². The molecule has 40 valence electrons. The summed E-state index contributed by atoms with van der Waals surface area (Å²) in [5, 5.41) is 0.873. The second kappa shape index (κ2) is 2.01. The molecule has 0 amide bonds. The number of thiocarbonyl (C=S) groups is 1. The van der Waals surface area contributed by atoms with Gasteiger partial charge in [0.25, 0.3) is 0 Å². The van der Waals surface area contributed by atoms with Gasteiger partial charge in [-0.05, 0) is 12.2 Å². The van der Waals surface area contributed by atoms with Crippen LogP contribution in [0.5, 0.6) is 0 Å². The summed E-state index contributed by atoms with van der Waals surface area (Å²) < 4.78 is 4.92. The summed E-state index contributed by atoms with van der Waals surface area (Å²) in [6.45, 7) is 0.757. The molecule has 3 heteroatoms. The summed E-state index contributed by atoms with van der Waals surface area (Å²) in [5.41, 5.74) is 0. The van der Waals surface area contributed by atoms with E-state index in [0.717, 1.165) is 13.0 Å². The van der Waals surface area contributed by atoms with E-state index < -0.39 is 0 Å². The molecule has 0 bridgehead atoms. The molecule has 0 aliphatic carbocycles. The minimum Gasteiger partial charge on any atom is -0.486 e. The van der Waals surface area contributed by atoms with Crippen LogP contribution in [-0.2, 0) is 4.74 Å². The average molecular weight is 134 g/mol. The van der Waals surface area contributed by atoms with Crippen LogP contribution in [0.2, 0.25) is 0 Å². The second-order valence-electron chi connectivity index (χ2n) is 1.47. The van der Waals surface area contributed by atoms with E-state index in [1.807, 2.05) is 0 Å². The fraction of sp³-hybridized carbons (Fsp3) is 0.750. The van der Waals surface area contributed by atoms with E-state index in [0.29, 0.717) is 5.05 Å². The molecule has 1 heterocycles. The highest BCUT2D eigenvalue weighted by molar-refractivity contribution is 7.86. The predicted octanol–water partition coefficient (Wildman–Crippen LogP) is 1.03. The molecule has 0 N–H and O–H groups in total. The molecule has 1 aliphatic heterocycles. The molecule has 7 heavy (non-hydrogen) atoms. The minimum absolute atomic E-state index is 0.218. The maximum atomic E-state index is 4.92. The molecular formula is C4H6OS2. The summed E-state index contributed by atoms with van der Waals surface area (Å²) in [6, 6.07) is 0. The highest BCUT2D eigenvalue weighted by Gasteiger charge is 2.17. The lowest BCUT2D eigenvalue weighted by molar-refractivity contribution is 0.351. The van der Waals surface area contributed by atoms with Crippen molar-refractivity contribution in [3.8, 4) is 0 Å². The van der Waals surface area contributed by atoms with E-state index in [1.165, 1.54) is 0 Å². The van der Waals surface area contributed by atoms with Crippen LogP contribution in [0.1, 0.15) is 6.42 Å². The van der Waals surface area contributed by atoms with Crippen molar-refractivity contribution in [1.82, 2.24) is 0 Å². The highest BCUT2D eigenvalue weighted by atomic mass is 32.1. The third-order valence-electron chi connectivity index (χ3n) is 0.908. The van der Waals surface area contributed by atoms with Gasteiger partial charge in [-0.15, -0.1) is 0 Å². The Morgan fingerprint density at radius 3 is 2.71 bits per heavy atom.